The lowest BCUT2D eigenvalue weighted by atomic mass is 9.79. The number of carbonyl (C=O) groups excluding carboxylic acids is 1. The predicted octanol–water partition coefficient (Wildman–Crippen LogP) is 3.29. The molecular formula is C19H28Cl2N2O3. The fourth-order valence-corrected chi connectivity index (χ4v) is 4.06. The lowest BCUT2D eigenvalue weighted by Gasteiger charge is -2.48. The molecule has 5 nitrogen and oxygen atoms in total. The Morgan fingerprint density at radius 1 is 1.19 bits per heavy atom. The highest BCUT2D eigenvalue weighted by atomic mass is 35.5. The summed E-state index contributed by atoms with van der Waals surface area (Å²) in [6.07, 6.45) is 6.01. The van der Waals surface area contributed by atoms with Crippen LogP contribution in [0.15, 0.2) is 24.3 Å². The van der Waals surface area contributed by atoms with Gasteiger partial charge < -0.3 is 14.8 Å². The highest BCUT2D eigenvalue weighted by Crippen LogP contribution is 2.33. The second kappa shape index (κ2) is 10.4. The topological polar surface area (TPSA) is 50.8 Å². The summed E-state index contributed by atoms with van der Waals surface area (Å²) in [5.41, 5.74) is 0.0715. The SMILES string of the molecule is Cl.O=C(COc1ccccc1Cl)NCC1(N2CCOCC2)CCCCC1. The van der Waals surface area contributed by atoms with E-state index < -0.39 is 0 Å². The van der Waals surface area contributed by atoms with E-state index in [1.165, 1.54) is 19.3 Å². The van der Waals surface area contributed by atoms with Gasteiger partial charge >= 0.3 is 0 Å². The molecule has 2 fully saturated rings. The minimum atomic E-state index is -0.0990. The standard InChI is InChI=1S/C19H27ClN2O3.ClH/c20-16-6-2-3-7-17(16)25-14-18(23)21-15-19(8-4-1-5-9-19)22-10-12-24-13-11-22;/h2-3,6-7H,1,4-5,8-15H2,(H,21,23);1H. The van der Waals surface area contributed by atoms with Crippen molar-refractivity contribution in [2.45, 2.75) is 37.6 Å². The number of hydrogen-bond acceptors (Lipinski definition) is 4. The van der Waals surface area contributed by atoms with Crippen LogP contribution in [-0.2, 0) is 9.53 Å². The van der Waals surface area contributed by atoms with Crippen molar-refractivity contribution in [3.63, 3.8) is 0 Å². The number of benzene rings is 1. The van der Waals surface area contributed by atoms with Crippen LogP contribution >= 0.6 is 24.0 Å². The van der Waals surface area contributed by atoms with E-state index in [-0.39, 0.29) is 30.5 Å². The number of para-hydroxylation sites is 1. The minimum Gasteiger partial charge on any atom is -0.482 e. The molecule has 1 amide bonds. The summed E-state index contributed by atoms with van der Waals surface area (Å²) < 4.78 is 11.0. The number of nitrogens with one attached hydrogen (secondary N) is 1. The number of halogens is 2. The molecule has 1 saturated heterocycles. The molecule has 1 heterocycles. The lowest BCUT2D eigenvalue weighted by Crippen LogP contribution is -2.60. The van der Waals surface area contributed by atoms with Crippen LogP contribution in [0.4, 0.5) is 0 Å². The average molecular weight is 403 g/mol. The molecule has 7 heteroatoms. The van der Waals surface area contributed by atoms with Crippen molar-refractivity contribution in [2.75, 3.05) is 39.5 Å². The largest absolute Gasteiger partial charge is 0.482 e. The van der Waals surface area contributed by atoms with Crippen molar-refractivity contribution in [3.8, 4) is 5.75 Å². The second-order valence-electron chi connectivity index (χ2n) is 6.88. The van der Waals surface area contributed by atoms with E-state index in [4.69, 9.17) is 21.1 Å². The zero-order chi connectivity index (χ0) is 17.5. The zero-order valence-electron chi connectivity index (χ0n) is 15.0. The second-order valence-corrected chi connectivity index (χ2v) is 7.29. The molecule has 2 aliphatic rings. The molecule has 146 valence electrons. The van der Waals surface area contributed by atoms with E-state index in [0.29, 0.717) is 17.3 Å². The maximum Gasteiger partial charge on any atom is 0.258 e. The van der Waals surface area contributed by atoms with Crippen molar-refractivity contribution < 1.29 is 14.3 Å². The highest BCUT2D eigenvalue weighted by Gasteiger charge is 2.38. The maximum atomic E-state index is 12.3. The van der Waals surface area contributed by atoms with Gasteiger partial charge in [-0.1, -0.05) is 43.0 Å². The molecule has 0 radical (unpaired) electrons. The van der Waals surface area contributed by atoms with Gasteiger partial charge in [-0.15, -0.1) is 12.4 Å². The van der Waals surface area contributed by atoms with Crippen LogP contribution in [0.5, 0.6) is 5.75 Å². The van der Waals surface area contributed by atoms with Crippen molar-refractivity contribution >= 4 is 29.9 Å². The van der Waals surface area contributed by atoms with E-state index in [1.54, 1.807) is 12.1 Å². The fourth-order valence-electron chi connectivity index (χ4n) is 3.87. The van der Waals surface area contributed by atoms with Crippen LogP contribution in [0.2, 0.25) is 5.02 Å². The first-order valence-corrected chi connectivity index (χ1v) is 9.54. The number of carbonyl (C=O) groups is 1. The van der Waals surface area contributed by atoms with Gasteiger partial charge in [0.2, 0.25) is 0 Å². The summed E-state index contributed by atoms with van der Waals surface area (Å²) in [7, 11) is 0. The third-order valence-electron chi connectivity index (χ3n) is 5.28. The summed E-state index contributed by atoms with van der Waals surface area (Å²) in [5.74, 6) is 0.443. The van der Waals surface area contributed by atoms with Crippen molar-refractivity contribution in [1.29, 1.82) is 0 Å². The molecule has 1 aromatic rings. The van der Waals surface area contributed by atoms with Crippen LogP contribution in [0.3, 0.4) is 0 Å². The Morgan fingerprint density at radius 3 is 2.58 bits per heavy atom. The van der Waals surface area contributed by atoms with Gasteiger partial charge in [-0.05, 0) is 25.0 Å². The van der Waals surface area contributed by atoms with Gasteiger partial charge in [0.05, 0.1) is 18.2 Å². The van der Waals surface area contributed by atoms with Gasteiger partial charge in [-0.25, -0.2) is 0 Å². The van der Waals surface area contributed by atoms with Gasteiger partial charge in [-0.2, -0.15) is 0 Å². The first kappa shape index (κ1) is 21.3. The van der Waals surface area contributed by atoms with Gasteiger partial charge in [-0.3, -0.25) is 9.69 Å². The highest BCUT2D eigenvalue weighted by molar-refractivity contribution is 6.32. The first-order valence-electron chi connectivity index (χ1n) is 9.16. The molecule has 0 bridgehead atoms. The number of ether oxygens (including phenoxy) is 2. The third-order valence-corrected chi connectivity index (χ3v) is 5.59. The van der Waals surface area contributed by atoms with E-state index in [2.05, 4.69) is 10.2 Å². The number of rotatable bonds is 6. The van der Waals surface area contributed by atoms with Gasteiger partial charge in [0.1, 0.15) is 5.75 Å². The first-order chi connectivity index (χ1) is 12.2. The van der Waals surface area contributed by atoms with Gasteiger partial charge in [0, 0.05) is 25.2 Å². The number of nitrogens with zero attached hydrogens (tertiary/aromatic N) is 1. The smallest absolute Gasteiger partial charge is 0.258 e. The van der Waals surface area contributed by atoms with Crippen molar-refractivity contribution in [2.24, 2.45) is 0 Å². The summed E-state index contributed by atoms with van der Waals surface area (Å²) in [6, 6.07) is 7.20. The molecule has 0 unspecified atom stereocenters. The van der Waals surface area contributed by atoms with E-state index >= 15 is 0 Å². The molecule has 0 atom stereocenters. The summed E-state index contributed by atoms with van der Waals surface area (Å²) in [6.45, 7) is 4.13. The predicted molar refractivity (Wildman–Crippen MR) is 105 cm³/mol. The fraction of sp³-hybridized carbons (Fsp3) is 0.632. The summed E-state index contributed by atoms with van der Waals surface area (Å²) in [5, 5.41) is 3.61. The van der Waals surface area contributed by atoms with Crippen molar-refractivity contribution in [3.05, 3.63) is 29.3 Å². The Labute approximate surface area is 166 Å². The van der Waals surface area contributed by atoms with E-state index in [9.17, 15) is 4.79 Å². The number of morpholine rings is 1. The Kier molecular flexibility index (Phi) is 8.48. The molecule has 26 heavy (non-hydrogen) atoms. The van der Waals surface area contributed by atoms with Crippen molar-refractivity contribution in [1.82, 2.24) is 10.2 Å². The summed E-state index contributed by atoms with van der Waals surface area (Å²) >= 11 is 6.05. The minimum absolute atomic E-state index is 0. The Morgan fingerprint density at radius 2 is 1.88 bits per heavy atom. The molecule has 1 N–H and O–H groups in total. The lowest BCUT2D eigenvalue weighted by molar-refractivity contribution is -0.124. The molecule has 1 saturated carbocycles. The van der Waals surface area contributed by atoms with Crippen LogP contribution in [0.1, 0.15) is 32.1 Å². The summed E-state index contributed by atoms with van der Waals surface area (Å²) in [4.78, 5) is 14.8. The Hall–Kier alpha value is -1.01. The molecule has 1 aliphatic heterocycles. The molecule has 3 rings (SSSR count). The average Bonchev–Trinajstić information content (AvgIpc) is 2.67. The molecular weight excluding hydrogens is 375 g/mol. The number of hydrogen-bond donors (Lipinski definition) is 1. The molecule has 1 aliphatic carbocycles. The van der Waals surface area contributed by atoms with Crippen LogP contribution in [0, 0.1) is 0 Å². The van der Waals surface area contributed by atoms with E-state index in [0.717, 1.165) is 39.1 Å². The normalized spacial score (nSPS) is 20.0. The van der Waals surface area contributed by atoms with Crippen LogP contribution < -0.4 is 10.1 Å². The molecule has 1 aromatic carbocycles. The monoisotopic (exact) mass is 402 g/mol. The van der Waals surface area contributed by atoms with Crippen LogP contribution in [0.25, 0.3) is 0 Å². The van der Waals surface area contributed by atoms with Gasteiger partial charge in [0.25, 0.3) is 5.91 Å². The molecule has 0 aromatic heterocycles. The third kappa shape index (κ3) is 5.49. The maximum absolute atomic E-state index is 12.3. The Bertz CT molecular complexity index is 574. The molecule has 0 spiro atoms. The van der Waals surface area contributed by atoms with Crippen LogP contribution in [-0.4, -0.2) is 55.8 Å². The Balaban J connectivity index is 0.00000243. The number of amides is 1. The van der Waals surface area contributed by atoms with Gasteiger partial charge in [0.15, 0.2) is 6.61 Å². The quantitative estimate of drug-likeness (QED) is 0.792. The van der Waals surface area contributed by atoms with E-state index in [1.807, 2.05) is 12.1 Å². The zero-order valence-corrected chi connectivity index (χ0v) is 16.6.